The lowest BCUT2D eigenvalue weighted by atomic mass is 10.2. The van der Waals surface area contributed by atoms with Gasteiger partial charge in [0.2, 0.25) is 11.9 Å². The van der Waals surface area contributed by atoms with Crippen molar-refractivity contribution < 1.29 is 9.53 Å². The largest absolute Gasteiger partial charge is 0.383 e. The van der Waals surface area contributed by atoms with Crippen LogP contribution in [0.1, 0.15) is 19.9 Å². The molecule has 6 heteroatoms. The van der Waals surface area contributed by atoms with Crippen LogP contribution in [0.2, 0.25) is 0 Å². The molecule has 0 fully saturated rings. The first kappa shape index (κ1) is 15.1. The van der Waals surface area contributed by atoms with E-state index < -0.39 is 0 Å². The number of rotatable bonds is 6. The topological polar surface area (TPSA) is 68.2 Å². The van der Waals surface area contributed by atoms with E-state index in [-0.39, 0.29) is 11.9 Å². The minimum atomic E-state index is -0.0950. The number of carbonyl (C=O) groups excluding carboxylic acids is 1. The fraction of sp³-hybridized carbons (Fsp3) is 0.333. The number of nitrogens with zero attached hydrogens (tertiary/aromatic N) is 2. The number of amides is 1. The molecule has 1 unspecified atom stereocenters. The molecule has 0 radical (unpaired) electrons. The van der Waals surface area contributed by atoms with Crippen molar-refractivity contribution in [1.29, 1.82) is 0 Å². The predicted molar refractivity (Wildman–Crippen MR) is 82.8 cm³/mol. The Morgan fingerprint density at radius 2 is 2.19 bits per heavy atom. The van der Waals surface area contributed by atoms with Crippen LogP contribution in [0.4, 0.5) is 17.3 Å². The molecule has 0 bridgehead atoms. The number of imidazole rings is 1. The molecule has 0 aliphatic carbocycles. The van der Waals surface area contributed by atoms with E-state index in [1.807, 2.05) is 35.0 Å². The molecule has 2 rings (SSSR count). The lowest BCUT2D eigenvalue weighted by molar-refractivity contribution is -0.114. The van der Waals surface area contributed by atoms with Gasteiger partial charge in [0.05, 0.1) is 12.6 Å². The summed E-state index contributed by atoms with van der Waals surface area (Å²) in [5, 5.41) is 6.01. The number of benzene rings is 1. The van der Waals surface area contributed by atoms with Crippen LogP contribution in [0.25, 0.3) is 0 Å². The Kier molecular flexibility index (Phi) is 4.94. The van der Waals surface area contributed by atoms with E-state index in [1.165, 1.54) is 6.92 Å². The fourth-order valence-corrected chi connectivity index (χ4v) is 2.09. The van der Waals surface area contributed by atoms with Crippen LogP contribution in [0.3, 0.4) is 0 Å². The maximum absolute atomic E-state index is 11.1. The molecule has 0 aliphatic rings. The summed E-state index contributed by atoms with van der Waals surface area (Å²) < 4.78 is 7.18. The molecular formula is C15H20N4O2. The van der Waals surface area contributed by atoms with Crippen molar-refractivity contribution in [3.05, 3.63) is 36.7 Å². The molecule has 6 nitrogen and oxygen atoms in total. The van der Waals surface area contributed by atoms with E-state index in [2.05, 4.69) is 22.5 Å². The summed E-state index contributed by atoms with van der Waals surface area (Å²) in [6, 6.07) is 7.68. The zero-order valence-corrected chi connectivity index (χ0v) is 12.5. The van der Waals surface area contributed by atoms with Crippen LogP contribution in [0.5, 0.6) is 0 Å². The lowest BCUT2D eigenvalue weighted by Gasteiger charge is -2.16. The van der Waals surface area contributed by atoms with Crippen LogP contribution in [-0.4, -0.2) is 29.2 Å². The molecule has 0 spiro atoms. The molecule has 1 heterocycles. The summed E-state index contributed by atoms with van der Waals surface area (Å²) in [5.41, 5.74) is 1.61. The smallest absolute Gasteiger partial charge is 0.221 e. The average molecular weight is 288 g/mol. The number of carbonyl (C=O) groups is 1. The first-order valence-electron chi connectivity index (χ1n) is 6.76. The van der Waals surface area contributed by atoms with Crippen molar-refractivity contribution >= 4 is 23.2 Å². The Morgan fingerprint density at radius 1 is 1.43 bits per heavy atom. The fourth-order valence-electron chi connectivity index (χ4n) is 2.09. The summed E-state index contributed by atoms with van der Waals surface area (Å²) in [6.07, 6.45) is 3.65. The van der Waals surface area contributed by atoms with Gasteiger partial charge in [-0.25, -0.2) is 4.98 Å². The highest BCUT2D eigenvalue weighted by molar-refractivity contribution is 5.89. The van der Waals surface area contributed by atoms with Crippen LogP contribution in [0, 0.1) is 0 Å². The van der Waals surface area contributed by atoms with Crippen molar-refractivity contribution in [3.63, 3.8) is 0 Å². The zero-order chi connectivity index (χ0) is 15.2. The number of methoxy groups -OCH3 is 1. The van der Waals surface area contributed by atoms with E-state index in [0.29, 0.717) is 6.61 Å². The number of anilines is 3. The number of ether oxygens (including phenoxy) is 1. The number of hydrogen-bond donors (Lipinski definition) is 2. The van der Waals surface area contributed by atoms with Gasteiger partial charge in [-0.2, -0.15) is 0 Å². The summed E-state index contributed by atoms with van der Waals surface area (Å²) in [7, 11) is 1.68. The van der Waals surface area contributed by atoms with Crippen molar-refractivity contribution in [2.24, 2.45) is 0 Å². The van der Waals surface area contributed by atoms with Gasteiger partial charge in [-0.1, -0.05) is 6.07 Å². The molecule has 112 valence electrons. The normalized spacial score (nSPS) is 12.0. The standard InChI is InChI=1S/C15H20N4O2/c1-11(10-21-3)19-8-7-16-15(19)18-14-6-4-5-13(9-14)17-12(2)20/h4-9,11H,10H2,1-3H3,(H,16,18)(H,17,20). The predicted octanol–water partition coefficient (Wildman–Crippen LogP) is 2.79. The quantitative estimate of drug-likeness (QED) is 0.857. The molecule has 1 atom stereocenters. The van der Waals surface area contributed by atoms with Gasteiger partial charge < -0.3 is 19.9 Å². The third kappa shape index (κ3) is 4.06. The highest BCUT2D eigenvalue weighted by Gasteiger charge is 2.10. The number of nitrogens with one attached hydrogen (secondary N) is 2. The summed E-state index contributed by atoms with van der Waals surface area (Å²) >= 11 is 0. The van der Waals surface area contributed by atoms with Gasteiger partial charge in [-0.3, -0.25) is 4.79 Å². The van der Waals surface area contributed by atoms with Gasteiger partial charge in [0.15, 0.2) is 0 Å². The number of hydrogen-bond acceptors (Lipinski definition) is 4. The van der Waals surface area contributed by atoms with Gasteiger partial charge in [0, 0.05) is 37.8 Å². The number of aromatic nitrogens is 2. The average Bonchev–Trinajstić information content (AvgIpc) is 2.87. The molecule has 0 saturated carbocycles. The van der Waals surface area contributed by atoms with E-state index in [1.54, 1.807) is 13.3 Å². The maximum atomic E-state index is 11.1. The van der Waals surface area contributed by atoms with Gasteiger partial charge in [0.1, 0.15) is 0 Å². The summed E-state index contributed by atoms with van der Waals surface area (Å²) in [6.45, 7) is 4.15. The van der Waals surface area contributed by atoms with Gasteiger partial charge in [-0.05, 0) is 25.1 Å². The van der Waals surface area contributed by atoms with E-state index in [0.717, 1.165) is 17.3 Å². The molecule has 0 aliphatic heterocycles. The van der Waals surface area contributed by atoms with E-state index in [4.69, 9.17) is 4.74 Å². The molecule has 21 heavy (non-hydrogen) atoms. The van der Waals surface area contributed by atoms with Crippen molar-refractivity contribution in [2.45, 2.75) is 19.9 Å². The third-order valence-electron chi connectivity index (χ3n) is 2.99. The summed E-state index contributed by atoms with van der Waals surface area (Å²) in [4.78, 5) is 15.4. The first-order chi connectivity index (χ1) is 10.1. The van der Waals surface area contributed by atoms with Crippen molar-refractivity contribution in [3.8, 4) is 0 Å². The van der Waals surface area contributed by atoms with Crippen LogP contribution < -0.4 is 10.6 Å². The molecular weight excluding hydrogens is 268 g/mol. The van der Waals surface area contributed by atoms with Gasteiger partial charge in [-0.15, -0.1) is 0 Å². The third-order valence-corrected chi connectivity index (χ3v) is 2.99. The monoisotopic (exact) mass is 288 g/mol. The van der Waals surface area contributed by atoms with E-state index in [9.17, 15) is 4.79 Å². The Balaban J connectivity index is 2.15. The van der Waals surface area contributed by atoms with E-state index >= 15 is 0 Å². The molecule has 0 saturated heterocycles. The van der Waals surface area contributed by atoms with Crippen LogP contribution in [-0.2, 0) is 9.53 Å². The lowest BCUT2D eigenvalue weighted by Crippen LogP contribution is -2.13. The minimum Gasteiger partial charge on any atom is -0.383 e. The Labute approximate surface area is 124 Å². The maximum Gasteiger partial charge on any atom is 0.221 e. The molecule has 2 N–H and O–H groups in total. The van der Waals surface area contributed by atoms with Gasteiger partial charge in [0.25, 0.3) is 0 Å². The Bertz CT molecular complexity index is 609. The van der Waals surface area contributed by atoms with Crippen molar-refractivity contribution in [2.75, 3.05) is 24.4 Å². The first-order valence-corrected chi connectivity index (χ1v) is 6.76. The van der Waals surface area contributed by atoms with Gasteiger partial charge >= 0.3 is 0 Å². The van der Waals surface area contributed by atoms with Crippen LogP contribution in [0.15, 0.2) is 36.7 Å². The molecule has 1 aromatic heterocycles. The molecule has 1 aromatic carbocycles. The second-order valence-electron chi connectivity index (χ2n) is 4.85. The SMILES string of the molecule is COCC(C)n1ccnc1Nc1cccc(NC(C)=O)c1. The highest BCUT2D eigenvalue weighted by atomic mass is 16.5. The summed E-state index contributed by atoms with van der Waals surface area (Å²) in [5.74, 6) is 0.641. The van der Waals surface area contributed by atoms with Crippen LogP contribution >= 0.6 is 0 Å². The second kappa shape index (κ2) is 6.90. The second-order valence-corrected chi connectivity index (χ2v) is 4.85. The molecule has 1 amide bonds. The minimum absolute atomic E-state index is 0.0950. The van der Waals surface area contributed by atoms with Crippen molar-refractivity contribution in [1.82, 2.24) is 9.55 Å². The Hall–Kier alpha value is -2.34. The highest BCUT2D eigenvalue weighted by Crippen LogP contribution is 2.21. The zero-order valence-electron chi connectivity index (χ0n) is 12.5. The molecule has 2 aromatic rings. The Morgan fingerprint density at radius 3 is 2.90 bits per heavy atom.